The van der Waals surface area contributed by atoms with Gasteiger partial charge in [-0.2, -0.15) is 0 Å². The Morgan fingerprint density at radius 2 is 1.19 bits per heavy atom. The zero-order valence-corrected chi connectivity index (χ0v) is 17.1. The fourth-order valence-electron chi connectivity index (χ4n) is 5.58. The van der Waals surface area contributed by atoms with Gasteiger partial charge in [-0.1, -0.05) is 42.5 Å². The predicted octanol–water partition coefficient (Wildman–Crippen LogP) is 3.61. The number of carbonyl (C=O) groups is 2. The van der Waals surface area contributed by atoms with E-state index in [-0.39, 0.29) is 16.3 Å². The third kappa shape index (κ3) is 1.67. The summed E-state index contributed by atoms with van der Waals surface area (Å²) in [6.45, 7) is 0. The van der Waals surface area contributed by atoms with Crippen molar-refractivity contribution in [2.45, 2.75) is 0 Å². The molecule has 0 N–H and O–H groups in total. The van der Waals surface area contributed by atoms with Gasteiger partial charge in [0, 0.05) is 30.4 Å². The highest BCUT2D eigenvalue weighted by molar-refractivity contribution is 6.44. The summed E-state index contributed by atoms with van der Waals surface area (Å²) in [4.78, 5) is 53.9. The van der Waals surface area contributed by atoms with Crippen molar-refractivity contribution < 1.29 is 9.59 Å². The van der Waals surface area contributed by atoms with Gasteiger partial charge in [-0.15, -0.1) is 0 Å². The molecule has 1 aromatic heterocycles. The number of rotatable bonds is 0. The molecule has 32 heavy (non-hydrogen) atoms. The lowest BCUT2D eigenvalue weighted by atomic mass is 9.82. The van der Waals surface area contributed by atoms with Crippen LogP contribution in [-0.4, -0.2) is 28.3 Å². The second kappa shape index (κ2) is 5.29. The van der Waals surface area contributed by atoms with Crippen LogP contribution in [0.15, 0.2) is 58.1 Å². The minimum Gasteiger partial charge on any atom is -0.277 e. The fourth-order valence-corrected chi connectivity index (χ4v) is 5.58. The first kappa shape index (κ1) is 17.4. The highest BCUT2D eigenvalue weighted by atomic mass is 16.2. The minimum absolute atomic E-state index is 0.0964. The van der Waals surface area contributed by atoms with Gasteiger partial charge >= 0.3 is 0 Å². The molecule has 0 unspecified atom stereocenters. The van der Waals surface area contributed by atoms with Crippen molar-refractivity contribution in [2.75, 3.05) is 7.05 Å². The van der Waals surface area contributed by atoms with Gasteiger partial charge in [0.1, 0.15) is 0 Å². The Kier molecular flexibility index (Phi) is 2.87. The molecule has 0 spiro atoms. The van der Waals surface area contributed by atoms with Crippen molar-refractivity contribution in [2.24, 2.45) is 7.05 Å². The number of imide groups is 1. The number of carbonyl (C=O) groups excluding carboxylic acids is 2. The van der Waals surface area contributed by atoms with Crippen molar-refractivity contribution in [3.05, 3.63) is 80.4 Å². The summed E-state index contributed by atoms with van der Waals surface area (Å²) in [6, 6.07) is 15.5. The normalized spacial score (nSPS) is 14.2. The average molecular weight is 418 g/mol. The second-order valence-electron chi connectivity index (χ2n) is 8.46. The predicted molar refractivity (Wildman–Crippen MR) is 124 cm³/mol. The van der Waals surface area contributed by atoms with Crippen molar-refractivity contribution in [3.8, 4) is 0 Å². The van der Waals surface area contributed by atoms with Crippen LogP contribution < -0.4 is 11.1 Å². The molecule has 2 amide bonds. The van der Waals surface area contributed by atoms with Gasteiger partial charge in [0.15, 0.2) is 0 Å². The number of aromatic nitrogens is 1. The molecule has 1 aliphatic rings. The van der Waals surface area contributed by atoms with E-state index in [0.29, 0.717) is 21.7 Å². The Labute approximate surface area is 179 Å². The SMILES string of the molecule is CN1C(=O)c2ccc3c4cccc5cccc(c54)c4c5c(=O)n(C)c(=O)c5c(c2c34)C1=O. The fraction of sp³-hybridized carbons (Fsp3) is 0.0769. The van der Waals surface area contributed by atoms with E-state index in [0.717, 1.165) is 36.4 Å². The van der Waals surface area contributed by atoms with Crippen LogP contribution in [0.4, 0.5) is 0 Å². The first-order valence-electron chi connectivity index (χ1n) is 10.3. The lowest BCUT2D eigenvalue weighted by molar-refractivity contribution is 0.0652. The van der Waals surface area contributed by atoms with Gasteiger partial charge in [0.2, 0.25) is 0 Å². The number of hydrogen-bond acceptors (Lipinski definition) is 4. The highest BCUT2D eigenvalue weighted by Gasteiger charge is 2.36. The van der Waals surface area contributed by atoms with E-state index in [1.807, 2.05) is 42.5 Å². The number of amides is 2. The molecule has 7 rings (SSSR count). The molecule has 2 heterocycles. The average Bonchev–Trinajstić information content (AvgIpc) is 3.03. The van der Waals surface area contributed by atoms with Crippen LogP contribution in [0, 0.1) is 0 Å². The number of fused-ring (bicyclic) bond motifs is 5. The van der Waals surface area contributed by atoms with Crippen molar-refractivity contribution in [1.29, 1.82) is 0 Å². The Bertz CT molecular complexity index is 1980. The third-order valence-corrected chi connectivity index (χ3v) is 7.01. The molecule has 0 saturated carbocycles. The van der Waals surface area contributed by atoms with Gasteiger partial charge in [-0.3, -0.25) is 28.6 Å². The molecular weight excluding hydrogens is 404 g/mol. The molecule has 6 heteroatoms. The van der Waals surface area contributed by atoms with Gasteiger partial charge in [-0.05, 0) is 38.4 Å². The Morgan fingerprint density at radius 3 is 1.94 bits per heavy atom. The van der Waals surface area contributed by atoms with Crippen LogP contribution in [0.3, 0.4) is 0 Å². The molecule has 0 radical (unpaired) electrons. The molecule has 6 aromatic rings. The summed E-state index contributed by atoms with van der Waals surface area (Å²) in [5.41, 5.74) is -0.437. The number of benzene rings is 5. The Balaban J connectivity index is 2.01. The standard InChI is InChI=1S/C26H14N2O4/c1-27-23(29)15-10-9-13-12-7-3-5-11-6-4-8-14(16(11)12)18-17(13)19(15)21(24(27)30)22-20(18)25(31)28(2)26(22)32/h3-10H,1-2H3. The molecule has 0 fully saturated rings. The number of hydrogen-bond donors (Lipinski definition) is 0. The van der Waals surface area contributed by atoms with Crippen LogP contribution in [0.5, 0.6) is 0 Å². The third-order valence-electron chi connectivity index (χ3n) is 7.01. The molecule has 6 nitrogen and oxygen atoms in total. The van der Waals surface area contributed by atoms with Gasteiger partial charge < -0.3 is 0 Å². The monoisotopic (exact) mass is 418 g/mol. The molecule has 0 saturated heterocycles. The maximum Gasteiger partial charge on any atom is 0.262 e. The Morgan fingerprint density at radius 1 is 0.562 bits per heavy atom. The van der Waals surface area contributed by atoms with E-state index in [2.05, 4.69) is 0 Å². The quantitative estimate of drug-likeness (QED) is 0.215. The first-order valence-corrected chi connectivity index (χ1v) is 10.3. The summed E-state index contributed by atoms with van der Waals surface area (Å²) in [5, 5.41) is 6.81. The number of nitrogens with zero attached hydrogens (tertiary/aromatic N) is 2. The maximum atomic E-state index is 13.3. The van der Waals surface area contributed by atoms with E-state index in [1.54, 1.807) is 6.07 Å². The van der Waals surface area contributed by atoms with Crippen molar-refractivity contribution in [3.63, 3.8) is 0 Å². The molecule has 5 aromatic carbocycles. The highest BCUT2D eigenvalue weighted by Crippen LogP contribution is 2.46. The van der Waals surface area contributed by atoms with Crippen LogP contribution in [0.1, 0.15) is 20.7 Å². The minimum atomic E-state index is -0.559. The molecule has 0 atom stereocenters. The van der Waals surface area contributed by atoms with Crippen molar-refractivity contribution >= 4 is 65.7 Å². The second-order valence-corrected chi connectivity index (χ2v) is 8.46. The van der Waals surface area contributed by atoms with E-state index < -0.39 is 22.9 Å². The zero-order valence-electron chi connectivity index (χ0n) is 17.1. The van der Waals surface area contributed by atoms with Crippen molar-refractivity contribution in [1.82, 2.24) is 9.47 Å². The summed E-state index contributed by atoms with van der Waals surface area (Å²) in [5.74, 6) is -0.974. The van der Waals surface area contributed by atoms with Crippen LogP contribution in [0.25, 0.3) is 53.9 Å². The molecule has 152 valence electrons. The summed E-state index contributed by atoms with van der Waals surface area (Å²) < 4.78 is 1.06. The smallest absolute Gasteiger partial charge is 0.262 e. The lowest BCUT2D eigenvalue weighted by Gasteiger charge is -2.26. The Hall–Kier alpha value is -4.32. The van der Waals surface area contributed by atoms with Gasteiger partial charge in [0.25, 0.3) is 22.9 Å². The molecule has 0 bridgehead atoms. The first-order chi connectivity index (χ1) is 15.4. The van der Waals surface area contributed by atoms with E-state index in [4.69, 9.17) is 0 Å². The molecule has 1 aliphatic heterocycles. The zero-order chi connectivity index (χ0) is 22.0. The van der Waals surface area contributed by atoms with Gasteiger partial charge in [0.05, 0.1) is 16.3 Å². The van der Waals surface area contributed by atoms with Crippen LogP contribution in [0.2, 0.25) is 0 Å². The maximum absolute atomic E-state index is 13.3. The summed E-state index contributed by atoms with van der Waals surface area (Å²) in [7, 11) is 2.83. The molecular formula is C26H14N2O4. The van der Waals surface area contributed by atoms with Gasteiger partial charge in [-0.25, -0.2) is 0 Å². The van der Waals surface area contributed by atoms with E-state index >= 15 is 0 Å². The largest absolute Gasteiger partial charge is 0.277 e. The topological polar surface area (TPSA) is 76.5 Å². The molecule has 0 aliphatic carbocycles. The summed E-state index contributed by atoms with van der Waals surface area (Å²) in [6.07, 6.45) is 0. The van der Waals surface area contributed by atoms with E-state index in [9.17, 15) is 19.2 Å². The van der Waals surface area contributed by atoms with Crippen LogP contribution in [-0.2, 0) is 7.05 Å². The summed E-state index contributed by atoms with van der Waals surface area (Å²) >= 11 is 0. The van der Waals surface area contributed by atoms with Crippen LogP contribution >= 0.6 is 0 Å². The van der Waals surface area contributed by atoms with E-state index in [1.165, 1.54) is 14.1 Å². The lowest BCUT2D eigenvalue weighted by Crippen LogP contribution is -2.37.